The van der Waals surface area contributed by atoms with Crippen molar-refractivity contribution in [1.29, 1.82) is 5.41 Å². The number of amidine groups is 1. The number of carbonyl (C=O) groups excluding carboxylic acids is 1. The molecule has 1 saturated heterocycles. The lowest BCUT2D eigenvalue weighted by Crippen LogP contribution is -2.30. The molecule has 4 nitrogen and oxygen atoms in total. The van der Waals surface area contributed by atoms with E-state index in [-0.39, 0.29) is 12.3 Å². The van der Waals surface area contributed by atoms with Crippen LogP contribution in [-0.4, -0.2) is 11.7 Å². The molecule has 5 rings (SSSR count). The number of amides is 1. The van der Waals surface area contributed by atoms with Crippen molar-refractivity contribution in [1.82, 2.24) is 0 Å². The van der Waals surface area contributed by atoms with Gasteiger partial charge in [-0.1, -0.05) is 36.0 Å². The number of rotatable bonds is 1. The van der Waals surface area contributed by atoms with Gasteiger partial charge in [-0.2, -0.15) is 0 Å². The van der Waals surface area contributed by atoms with Crippen LogP contribution in [0.1, 0.15) is 30.4 Å². The van der Waals surface area contributed by atoms with Gasteiger partial charge in [0.15, 0.2) is 0 Å². The highest BCUT2D eigenvalue weighted by molar-refractivity contribution is 8.03. The molecule has 2 aromatic rings. The normalized spacial score (nSPS) is 21.6. The highest BCUT2D eigenvalue weighted by Crippen LogP contribution is 2.44. The summed E-state index contributed by atoms with van der Waals surface area (Å²) in [5.41, 5.74) is 5.34. The number of fused-ring (bicyclic) bond motifs is 2. The summed E-state index contributed by atoms with van der Waals surface area (Å²) in [6, 6.07) is 14.3. The van der Waals surface area contributed by atoms with E-state index < -0.39 is 0 Å². The topological polar surface area (TPSA) is 56.2 Å². The lowest BCUT2D eigenvalue weighted by Gasteiger charge is -2.24. The van der Waals surface area contributed by atoms with Gasteiger partial charge in [-0.25, -0.2) is 0 Å². The highest BCUT2D eigenvalue weighted by Gasteiger charge is 2.37. The SMILES string of the molecule is N=C1/C(=C2\Nc3ccccc3S2)CC(=O)N1c1cccc2c1CCCC2. The van der Waals surface area contributed by atoms with E-state index in [4.69, 9.17) is 5.41 Å². The van der Waals surface area contributed by atoms with Gasteiger partial charge >= 0.3 is 0 Å². The van der Waals surface area contributed by atoms with Crippen molar-refractivity contribution >= 4 is 34.9 Å². The zero-order chi connectivity index (χ0) is 17.7. The molecule has 0 spiro atoms. The molecule has 0 radical (unpaired) electrons. The van der Waals surface area contributed by atoms with Gasteiger partial charge in [-0.15, -0.1) is 0 Å². The molecule has 1 aliphatic carbocycles. The quantitative estimate of drug-likeness (QED) is 0.773. The van der Waals surface area contributed by atoms with Crippen molar-refractivity contribution in [3.8, 4) is 0 Å². The van der Waals surface area contributed by atoms with E-state index in [1.807, 2.05) is 30.3 Å². The standard InChI is InChI=1S/C21H19N3OS/c22-20-15(21-23-16-9-3-4-11-18(16)26-21)12-19(25)24(20)17-10-5-7-13-6-1-2-8-14(13)17/h3-5,7,9-11,22-23H,1-2,6,8,12H2/b21-15+,22-20?. The van der Waals surface area contributed by atoms with E-state index in [0.717, 1.165) is 46.1 Å². The first-order chi connectivity index (χ1) is 12.7. The maximum absolute atomic E-state index is 12.8. The molecule has 2 aromatic carbocycles. The van der Waals surface area contributed by atoms with Crippen molar-refractivity contribution in [3.05, 3.63) is 64.2 Å². The van der Waals surface area contributed by atoms with Crippen LogP contribution < -0.4 is 10.2 Å². The van der Waals surface area contributed by atoms with Gasteiger partial charge in [0.05, 0.1) is 22.8 Å². The Balaban J connectivity index is 1.53. The van der Waals surface area contributed by atoms with Crippen LogP contribution in [0.4, 0.5) is 11.4 Å². The molecule has 2 heterocycles. The van der Waals surface area contributed by atoms with Gasteiger partial charge in [0.2, 0.25) is 5.91 Å². The van der Waals surface area contributed by atoms with Crippen LogP contribution in [0.25, 0.3) is 0 Å². The number of nitrogens with one attached hydrogen (secondary N) is 2. The maximum Gasteiger partial charge on any atom is 0.237 e. The second kappa shape index (κ2) is 6.02. The Bertz CT molecular complexity index is 952. The molecular weight excluding hydrogens is 342 g/mol. The zero-order valence-corrected chi connectivity index (χ0v) is 15.2. The van der Waals surface area contributed by atoms with Crippen LogP contribution in [0.2, 0.25) is 0 Å². The van der Waals surface area contributed by atoms with Gasteiger partial charge in [-0.05, 0) is 55.0 Å². The molecule has 0 saturated carbocycles. The van der Waals surface area contributed by atoms with Gasteiger partial charge in [0.25, 0.3) is 0 Å². The molecule has 1 amide bonds. The number of anilines is 2. The Hall–Kier alpha value is -2.53. The molecule has 2 aliphatic heterocycles. The van der Waals surface area contributed by atoms with Gasteiger partial charge in [-0.3, -0.25) is 15.1 Å². The second-order valence-corrected chi connectivity index (χ2v) is 7.96. The first-order valence-corrected chi connectivity index (χ1v) is 9.84. The highest BCUT2D eigenvalue weighted by atomic mass is 32.2. The third kappa shape index (κ3) is 2.38. The predicted octanol–water partition coefficient (Wildman–Crippen LogP) is 4.71. The number of carbonyl (C=O) groups is 1. The Kier molecular flexibility index (Phi) is 3.64. The van der Waals surface area contributed by atoms with Crippen LogP contribution >= 0.6 is 11.8 Å². The van der Waals surface area contributed by atoms with Crippen molar-refractivity contribution in [2.24, 2.45) is 0 Å². The average Bonchev–Trinajstić information content (AvgIpc) is 3.22. The molecule has 1 fully saturated rings. The van der Waals surface area contributed by atoms with Crippen LogP contribution in [0.15, 0.2) is 58.0 Å². The molecule has 0 unspecified atom stereocenters. The number of benzene rings is 2. The Morgan fingerprint density at radius 2 is 1.88 bits per heavy atom. The van der Waals surface area contributed by atoms with Crippen LogP contribution in [0.5, 0.6) is 0 Å². The summed E-state index contributed by atoms with van der Waals surface area (Å²) in [6.07, 6.45) is 4.70. The van der Waals surface area contributed by atoms with E-state index in [1.165, 1.54) is 17.5 Å². The average molecular weight is 361 g/mol. The summed E-state index contributed by atoms with van der Waals surface area (Å²) in [5.74, 6) is 0.312. The number of para-hydroxylation sites is 1. The molecule has 2 N–H and O–H groups in total. The Morgan fingerprint density at radius 1 is 1.04 bits per heavy atom. The maximum atomic E-state index is 12.8. The molecule has 0 bridgehead atoms. The summed E-state index contributed by atoms with van der Waals surface area (Å²) in [5, 5.41) is 13.0. The fourth-order valence-corrected chi connectivity index (χ4v) is 5.09. The van der Waals surface area contributed by atoms with Crippen molar-refractivity contribution in [2.45, 2.75) is 37.0 Å². The number of thioether (sulfide) groups is 1. The van der Waals surface area contributed by atoms with E-state index in [0.29, 0.717) is 5.84 Å². The second-order valence-electron chi connectivity index (χ2n) is 6.91. The lowest BCUT2D eigenvalue weighted by molar-refractivity contribution is -0.116. The molecule has 130 valence electrons. The number of hydrogen-bond donors (Lipinski definition) is 2. The molecule has 26 heavy (non-hydrogen) atoms. The largest absolute Gasteiger partial charge is 0.349 e. The summed E-state index contributed by atoms with van der Waals surface area (Å²) in [4.78, 5) is 15.6. The van der Waals surface area contributed by atoms with E-state index >= 15 is 0 Å². The molecule has 0 aromatic heterocycles. The minimum atomic E-state index is -0.00479. The van der Waals surface area contributed by atoms with Crippen LogP contribution in [-0.2, 0) is 17.6 Å². The van der Waals surface area contributed by atoms with Crippen molar-refractivity contribution in [2.75, 3.05) is 10.2 Å². The fraction of sp³-hybridized carbons (Fsp3) is 0.238. The molecular formula is C21H19N3OS. The monoisotopic (exact) mass is 361 g/mol. The van der Waals surface area contributed by atoms with Crippen LogP contribution in [0.3, 0.4) is 0 Å². The molecule has 0 atom stereocenters. The first kappa shape index (κ1) is 15.7. The predicted molar refractivity (Wildman–Crippen MR) is 106 cm³/mol. The van der Waals surface area contributed by atoms with Crippen LogP contribution in [0, 0.1) is 5.41 Å². The Labute approximate surface area is 156 Å². The van der Waals surface area contributed by atoms with E-state index in [9.17, 15) is 4.79 Å². The van der Waals surface area contributed by atoms with Crippen molar-refractivity contribution in [3.63, 3.8) is 0 Å². The summed E-state index contributed by atoms with van der Waals surface area (Å²) in [6.45, 7) is 0. The third-order valence-electron chi connectivity index (χ3n) is 5.32. The summed E-state index contributed by atoms with van der Waals surface area (Å²) >= 11 is 1.61. The van der Waals surface area contributed by atoms with Gasteiger partial charge in [0.1, 0.15) is 5.84 Å². The number of nitrogens with zero attached hydrogens (tertiary/aromatic N) is 1. The smallest absolute Gasteiger partial charge is 0.237 e. The lowest BCUT2D eigenvalue weighted by atomic mass is 9.90. The number of hydrogen-bond acceptors (Lipinski definition) is 4. The zero-order valence-electron chi connectivity index (χ0n) is 14.3. The molecule has 3 aliphatic rings. The summed E-state index contributed by atoms with van der Waals surface area (Å²) in [7, 11) is 0. The molecule has 5 heteroatoms. The Morgan fingerprint density at radius 3 is 2.77 bits per heavy atom. The minimum Gasteiger partial charge on any atom is -0.349 e. The van der Waals surface area contributed by atoms with Crippen molar-refractivity contribution < 1.29 is 4.79 Å². The number of aryl methyl sites for hydroxylation is 1. The first-order valence-electron chi connectivity index (χ1n) is 9.02. The summed E-state index contributed by atoms with van der Waals surface area (Å²) < 4.78 is 0. The van der Waals surface area contributed by atoms with Gasteiger partial charge < -0.3 is 5.32 Å². The third-order valence-corrected chi connectivity index (χ3v) is 6.45. The van der Waals surface area contributed by atoms with E-state index in [2.05, 4.69) is 17.4 Å². The minimum absolute atomic E-state index is 0.00479. The van der Waals surface area contributed by atoms with E-state index in [1.54, 1.807) is 16.7 Å². The van der Waals surface area contributed by atoms with Gasteiger partial charge in [0, 0.05) is 10.5 Å². The fourth-order valence-electron chi connectivity index (χ4n) is 4.04.